The number of hydrogen-bond donors (Lipinski definition) is 2. The number of phosphoric acid groups is 1. The number of allylic oxidation sites excluding steroid dienone is 36. The van der Waals surface area contributed by atoms with Gasteiger partial charge in [-0.25, -0.2) is 4.57 Å². The summed E-state index contributed by atoms with van der Waals surface area (Å²) in [4.78, 5) is 35.3. The Bertz CT molecular complexity index is 2220. The second-order valence-electron chi connectivity index (χ2n) is 20.9. The van der Waals surface area contributed by atoms with E-state index in [1.165, 1.54) is 0 Å². The summed E-state index contributed by atoms with van der Waals surface area (Å²) >= 11 is 0. The largest absolute Gasteiger partial charge is 0.472 e. The highest BCUT2D eigenvalue weighted by molar-refractivity contribution is 7.47. The highest BCUT2D eigenvalue weighted by atomic mass is 31.2. The first kappa shape index (κ1) is 81.3. The van der Waals surface area contributed by atoms with Crippen molar-refractivity contribution < 1.29 is 37.6 Å². The average molecular weight is 1220 g/mol. The van der Waals surface area contributed by atoms with Crippen LogP contribution in [0.4, 0.5) is 0 Å². The lowest BCUT2D eigenvalue weighted by molar-refractivity contribution is -0.161. The van der Waals surface area contributed by atoms with Crippen LogP contribution in [-0.2, 0) is 32.7 Å². The fourth-order valence-corrected chi connectivity index (χ4v) is 8.80. The van der Waals surface area contributed by atoms with E-state index in [1.807, 2.05) is 0 Å². The SMILES string of the molecule is CC/C=C\C/C=C\C/C=C\C/C=C\C/C=C\C/C=C\C/C=C\C/C=C\C/C=C\C/C=C\C/C=C\CCCCCCCC(=O)OC(COC(=O)CCCCCCC/C=C\C/C=C\C/C=C\C/C=C\C/C=C\C/C=C\C/C=C\CC)COP(=O)(O)OCCN. The fraction of sp³-hybridized carbons (Fsp3) is 0.506. The Morgan fingerprint density at radius 2 is 0.598 bits per heavy atom. The van der Waals surface area contributed by atoms with Crippen molar-refractivity contribution in [3.63, 3.8) is 0 Å². The Kier molecular flexibility index (Phi) is 64.9. The predicted molar refractivity (Wildman–Crippen MR) is 375 cm³/mol. The van der Waals surface area contributed by atoms with Crippen molar-refractivity contribution in [1.82, 2.24) is 0 Å². The van der Waals surface area contributed by atoms with Gasteiger partial charge in [0.05, 0.1) is 13.2 Å². The van der Waals surface area contributed by atoms with Gasteiger partial charge in [0, 0.05) is 19.4 Å². The molecule has 0 radical (unpaired) electrons. The topological polar surface area (TPSA) is 134 Å². The predicted octanol–water partition coefficient (Wildman–Crippen LogP) is 22.1. The van der Waals surface area contributed by atoms with E-state index < -0.39 is 32.5 Å². The molecular formula is C77H118NO8P. The Morgan fingerprint density at radius 3 is 0.885 bits per heavy atom. The van der Waals surface area contributed by atoms with Crippen LogP contribution in [0.15, 0.2) is 219 Å². The quantitative estimate of drug-likeness (QED) is 0.0264. The molecule has 0 saturated carbocycles. The molecule has 484 valence electrons. The molecular weight excluding hydrogens is 1100 g/mol. The molecule has 2 atom stereocenters. The van der Waals surface area contributed by atoms with Gasteiger partial charge in [-0.2, -0.15) is 0 Å². The second kappa shape index (κ2) is 69.4. The van der Waals surface area contributed by atoms with E-state index in [2.05, 4.69) is 233 Å². The first-order valence-electron chi connectivity index (χ1n) is 33.2. The Hall–Kier alpha value is -5.67. The molecule has 10 heteroatoms. The van der Waals surface area contributed by atoms with Gasteiger partial charge in [-0.05, 0) is 154 Å². The molecule has 9 nitrogen and oxygen atoms in total. The van der Waals surface area contributed by atoms with E-state index in [1.54, 1.807) is 0 Å². The first-order valence-corrected chi connectivity index (χ1v) is 34.7. The number of rotatable bonds is 59. The maximum Gasteiger partial charge on any atom is 0.472 e. The van der Waals surface area contributed by atoms with Crippen LogP contribution in [0.2, 0.25) is 0 Å². The molecule has 0 aromatic heterocycles. The van der Waals surface area contributed by atoms with Crippen LogP contribution < -0.4 is 5.73 Å². The molecule has 0 bridgehead atoms. The number of nitrogens with two attached hydrogens (primary N) is 1. The number of carbonyl (C=O) groups is 2. The molecule has 0 fully saturated rings. The summed E-state index contributed by atoms with van der Waals surface area (Å²) in [6.07, 6.45) is 109. The summed E-state index contributed by atoms with van der Waals surface area (Å²) in [5.41, 5.74) is 5.39. The summed E-state index contributed by atoms with van der Waals surface area (Å²) in [6, 6.07) is 0. The molecule has 2 unspecified atom stereocenters. The van der Waals surface area contributed by atoms with Gasteiger partial charge in [-0.1, -0.05) is 271 Å². The lowest BCUT2D eigenvalue weighted by Crippen LogP contribution is -2.29. The first-order chi connectivity index (χ1) is 42.8. The van der Waals surface area contributed by atoms with Gasteiger partial charge >= 0.3 is 19.8 Å². The Balaban J connectivity index is 4.11. The number of unbranched alkanes of at least 4 members (excludes halogenated alkanes) is 10. The molecule has 0 spiro atoms. The fourth-order valence-electron chi connectivity index (χ4n) is 8.03. The maximum atomic E-state index is 12.7. The average Bonchev–Trinajstić information content (AvgIpc) is 3.64. The second-order valence-corrected chi connectivity index (χ2v) is 22.3. The third-order valence-electron chi connectivity index (χ3n) is 12.9. The minimum absolute atomic E-state index is 0.0341. The number of hydrogen-bond acceptors (Lipinski definition) is 8. The zero-order valence-corrected chi connectivity index (χ0v) is 55.0. The molecule has 0 aliphatic heterocycles. The molecule has 3 N–H and O–H groups in total. The van der Waals surface area contributed by atoms with Gasteiger partial charge in [0.2, 0.25) is 0 Å². The zero-order chi connectivity index (χ0) is 63.0. The number of phosphoric ester groups is 1. The third kappa shape index (κ3) is 69.3. The lowest BCUT2D eigenvalue weighted by atomic mass is 10.1. The van der Waals surface area contributed by atoms with E-state index in [0.29, 0.717) is 12.8 Å². The van der Waals surface area contributed by atoms with E-state index in [4.69, 9.17) is 24.3 Å². The van der Waals surface area contributed by atoms with Crippen LogP contribution >= 0.6 is 7.82 Å². The van der Waals surface area contributed by atoms with Crippen molar-refractivity contribution in [3.8, 4) is 0 Å². The molecule has 0 aliphatic rings. The van der Waals surface area contributed by atoms with Crippen LogP contribution in [0.3, 0.4) is 0 Å². The van der Waals surface area contributed by atoms with Gasteiger partial charge in [0.25, 0.3) is 0 Å². The smallest absolute Gasteiger partial charge is 0.462 e. The third-order valence-corrected chi connectivity index (χ3v) is 13.8. The van der Waals surface area contributed by atoms with Crippen LogP contribution in [0.25, 0.3) is 0 Å². The molecule has 0 amide bonds. The minimum atomic E-state index is -4.42. The van der Waals surface area contributed by atoms with E-state index in [0.717, 1.165) is 180 Å². The van der Waals surface area contributed by atoms with Crippen LogP contribution in [-0.4, -0.2) is 49.3 Å². The summed E-state index contributed by atoms with van der Waals surface area (Å²) in [5.74, 6) is -0.892. The summed E-state index contributed by atoms with van der Waals surface area (Å²) in [6.45, 7) is 3.43. The molecule has 87 heavy (non-hydrogen) atoms. The van der Waals surface area contributed by atoms with Crippen molar-refractivity contribution in [2.45, 2.75) is 225 Å². The van der Waals surface area contributed by atoms with E-state index in [9.17, 15) is 19.0 Å². The summed E-state index contributed by atoms with van der Waals surface area (Å²) < 4.78 is 33.1. The Labute approximate surface area is 531 Å². The van der Waals surface area contributed by atoms with Gasteiger partial charge < -0.3 is 20.1 Å². The van der Waals surface area contributed by atoms with Crippen molar-refractivity contribution in [1.29, 1.82) is 0 Å². The molecule has 0 rings (SSSR count). The van der Waals surface area contributed by atoms with Gasteiger partial charge in [0.15, 0.2) is 6.10 Å². The molecule has 0 aliphatic carbocycles. The van der Waals surface area contributed by atoms with Gasteiger partial charge in [0.1, 0.15) is 6.61 Å². The van der Waals surface area contributed by atoms with Crippen molar-refractivity contribution in [3.05, 3.63) is 219 Å². The van der Waals surface area contributed by atoms with Crippen LogP contribution in [0.1, 0.15) is 219 Å². The standard InChI is InChI=1S/C77H118NO8P/c1-3-5-7-9-11-13-15-17-19-21-23-25-27-29-31-32-33-34-35-36-37-38-39-40-41-42-44-46-48-50-52-54-56-58-60-62-64-66-68-70-77(80)86-75(74-85-87(81,82)84-72-71-78)73-83-76(79)69-67-65-63-61-59-57-55-53-51-49-47-45-43-30-28-26-24-22-20-18-16-14-12-10-8-6-4-2/h5-8,11-14,17-20,23-26,29-31,33-34,36-37,39-40,42-44,47-50,53-56,75H,3-4,9-10,15-16,21-22,27-28,32,35,38,41,45-46,51-52,57-74,78H2,1-2H3,(H,81,82)/b7-5-,8-6-,13-11-,14-12-,19-17-,20-18-,25-23-,26-24-,31-29-,34-33-,37-36-,40-39-,43-30-,44-42-,49-47-,50-48-,55-53-,56-54-. The van der Waals surface area contributed by atoms with Crippen LogP contribution in [0.5, 0.6) is 0 Å². The number of ether oxygens (including phenoxy) is 2. The monoisotopic (exact) mass is 1220 g/mol. The molecule has 0 aromatic rings. The number of esters is 2. The van der Waals surface area contributed by atoms with Crippen molar-refractivity contribution >= 4 is 19.8 Å². The molecule has 0 saturated heterocycles. The van der Waals surface area contributed by atoms with E-state index in [-0.39, 0.29) is 32.6 Å². The summed E-state index contributed by atoms with van der Waals surface area (Å²) in [5, 5.41) is 0. The van der Waals surface area contributed by atoms with Gasteiger partial charge in [-0.3, -0.25) is 18.6 Å². The Morgan fingerprint density at radius 1 is 0.345 bits per heavy atom. The highest BCUT2D eigenvalue weighted by Gasteiger charge is 2.26. The number of carbonyl (C=O) groups excluding carboxylic acids is 2. The van der Waals surface area contributed by atoms with Crippen molar-refractivity contribution in [2.75, 3.05) is 26.4 Å². The van der Waals surface area contributed by atoms with Crippen molar-refractivity contribution in [2.24, 2.45) is 5.73 Å². The van der Waals surface area contributed by atoms with E-state index >= 15 is 0 Å². The summed E-state index contributed by atoms with van der Waals surface area (Å²) in [7, 11) is -4.42. The normalized spacial score (nSPS) is 14.4. The highest BCUT2D eigenvalue weighted by Crippen LogP contribution is 2.43. The maximum absolute atomic E-state index is 12.7. The lowest BCUT2D eigenvalue weighted by Gasteiger charge is -2.19. The zero-order valence-electron chi connectivity index (χ0n) is 54.1. The minimum Gasteiger partial charge on any atom is -0.462 e. The van der Waals surface area contributed by atoms with Crippen LogP contribution in [0, 0.1) is 0 Å². The van der Waals surface area contributed by atoms with Gasteiger partial charge in [-0.15, -0.1) is 0 Å². The molecule has 0 aromatic carbocycles. The molecule has 0 heterocycles.